The summed E-state index contributed by atoms with van der Waals surface area (Å²) in [6, 6.07) is -0.371. The van der Waals surface area contributed by atoms with Crippen molar-refractivity contribution < 1.29 is 14.3 Å². The summed E-state index contributed by atoms with van der Waals surface area (Å²) in [6.45, 7) is 6.32. The molecule has 0 aromatic heterocycles. The molecular formula is C15H24N2O3. The monoisotopic (exact) mass is 280 g/mol. The van der Waals surface area contributed by atoms with Gasteiger partial charge in [0.25, 0.3) is 0 Å². The van der Waals surface area contributed by atoms with Crippen molar-refractivity contribution in [3.8, 4) is 0 Å². The number of rotatable bonds is 3. The van der Waals surface area contributed by atoms with Crippen molar-refractivity contribution in [1.29, 1.82) is 0 Å². The molecule has 2 amide bonds. The Balaban J connectivity index is 1.86. The molecule has 0 aromatic rings. The normalized spacial score (nSPS) is 35.6. The molecule has 4 atom stereocenters. The molecule has 3 aliphatic rings. The molecule has 0 aromatic carbocycles. The number of amides is 2. The van der Waals surface area contributed by atoms with Gasteiger partial charge in [-0.1, -0.05) is 6.92 Å². The van der Waals surface area contributed by atoms with Crippen molar-refractivity contribution >= 4 is 11.8 Å². The zero-order valence-corrected chi connectivity index (χ0v) is 12.4. The summed E-state index contributed by atoms with van der Waals surface area (Å²) >= 11 is 0. The second-order valence-electron chi connectivity index (χ2n) is 6.22. The van der Waals surface area contributed by atoms with Crippen LogP contribution in [0.1, 0.15) is 39.5 Å². The minimum absolute atomic E-state index is 0.0987. The quantitative estimate of drug-likeness (QED) is 0.775. The third-order valence-electron chi connectivity index (χ3n) is 5.17. The van der Waals surface area contributed by atoms with E-state index < -0.39 is 0 Å². The molecule has 3 heterocycles. The van der Waals surface area contributed by atoms with Gasteiger partial charge >= 0.3 is 0 Å². The largest absolute Gasteiger partial charge is 0.381 e. The summed E-state index contributed by atoms with van der Waals surface area (Å²) in [5, 5.41) is 0. The van der Waals surface area contributed by atoms with Crippen LogP contribution in [-0.4, -0.2) is 59.5 Å². The van der Waals surface area contributed by atoms with Gasteiger partial charge in [-0.05, 0) is 32.6 Å². The van der Waals surface area contributed by atoms with E-state index in [9.17, 15) is 9.59 Å². The summed E-state index contributed by atoms with van der Waals surface area (Å²) in [5.74, 6) is 0.683. The maximum atomic E-state index is 12.8. The first-order chi connectivity index (χ1) is 9.65. The number of fused-ring (bicyclic) bond motifs is 1. The molecule has 0 radical (unpaired) electrons. The number of carbonyl (C=O) groups is 2. The van der Waals surface area contributed by atoms with Crippen LogP contribution in [0, 0.1) is 5.92 Å². The summed E-state index contributed by atoms with van der Waals surface area (Å²) < 4.78 is 5.45. The average Bonchev–Trinajstić information content (AvgIpc) is 3.12. The molecule has 3 aliphatic heterocycles. The lowest BCUT2D eigenvalue weighted by molar-refractivity contribution is -0.163. The minimum Gasteiger partial charge on any atom is -0.381 e. The number of piperazine rings is 1. The molecule has 112 valence electrons. The molecule has 20 heavy (non-hydrogen) atoms. The number of ether oxygens (including phenoxy) is 1. The first kappa shape index (κ1) is 13.9. The zero-order valence-electron chi connectivity index (χ0n) is 12.4. The second kappa shape index (κ2) is 5.35. The number of hydrogen-bond donors (Lipinski definition) is 0. The fourth-order valence-corrected chi connectivity index (χ4v) is 3.94. The summed E-state index contributed by atoms with van der Waals surface area (Å²) in [7, 11) is 0. The van der Waals surface area contributed by atoms with Gasteiger partial charge in [-0.2, -0.15) is 0 Å². The van der Waals surface area contributed by atoms with Crippen molar-refractivity contribution in [3.63, 3.8) is 0 Å². The van der Waals surface area contributed by atoms with Gasteiger partial charge in [-0.15, -0.1) is 0 Å². The smallest absolute Gasteiger partial charge is 0.246 e. The SMILES string of the molecule is CCC1C(=O)N2CCCC2C(=O)N1C(C)C1CCOC1. The van der Waals surface area contributed by atoms with E-state index in [1.54, 1.807) is 0 Å². The van der Waals surface area contributed by atoms with Gasteiger partial charge in [0.2, 0.25) is 11.8 Å². The third-order valence-corrected chi connectivity index (χ3v) is 5.17. The van der Waals surface area contributed by atoms with Crippen molar-refractivity contribution in [2.45, 2.75) is 57.7 Å². The van der Waals surface area contributed by atoms with Crippen molar-refractivity contribution in [3.05, 3.63) is 0 Å². The Bertz CT molecular complexity index is 406. The lowest BCUT2D eigenvalue weighted by Gasteiger charge is -2.46. The van der Waals surface area contributed by atoms with Crippen molar-refractivity contribution in [2.24, 2.45) is 5.92 Å². The average molecular weight is 280 g/mol. The van der Waals surface area contributed by atoms with E-state index >= 15 is 0 Å². The number of carbonyl (C=O) groups excluding carboxylic acids is 2. The predicted octanol–water partition coefficient (Wildman–Crippen LogP) is 1.02. The second-order valence-corrected chi connectivity index (χ2v) is 6.22. The zero-order chi connectivity index (χ0) is 14.3. The molecule has 3 rings (SSSR count). The van der Waals surface area contributed by atoms with E-state index in [2.05, 4.69) is 6.92 Å². The molecule has 4 unspecified atom stereocenters. The van der Waals surface area contributed by atoms with Crippen molar-refractivity contribution in [1.82, 2.24) is 9.80 Å². The highest BCUT2D eigenvalue weighted by Gasteiger charge is 2.49. The van der Waals surface area contributed by atoms with E-state index in [1.807, 2.05) is 16.7 Å². The fraction of sp³-hybridized carbons (Fsp3) is 0.867. The highest BCUT2D eigenvalue weighted by molar-refractivity contribution is 5.97. The highest BCUT2D eigenvalue weighted by Crippen LogP contribution is 2.32. The van der Waals surface area contributed by atoms with Crippen LogP contribution in [0.4, 0.5) is 0 Å². The highest BCUT2D eigenvalue weighted by atomic mass is 16.5. The summed E-state index contributed by atoms with van der Waals surface area (Å²) in [6.07, 6.45) is 3.47. The maximum Gasteiger partial charge on any atom is 0.246 e. The van der Waals surface area contributed by atoms with E-state index in [1.165, 1.54) is 0 Å². The van der Waals surface area contributed by atoms with E-state index in [0.717, 1.165) is 32.4 Å². The number of nitrogens with zero attached hydrogens (tertiary/aromatic N) is 2. The standard InChI is InChI=1S/C15H24N2O3/c1-3-12-14(18)16-7-4-5-13(16)15(19)17(12)10(2)11-6-8-20-9-11/h10-13H,3-9H2,1-2H3. The van der Waals surface area contributed by atoms with Crippen molar-refractivity contribution in [2.75, 3.05) is 19.8 Å². The van der Waals surface area contributed by atoms with Gasteiger partial charge < -0.3 is 14.5 Å². The van der Waals surface area contributed by atoms with Crippen LogP contribution in [0.3, 0.4) is 0 Å². The molecule has 3 fully saturated rings. The van der Waals surface area contributed by atoms with Gasteiger partial charge in [0.05, 0.1) is 6.61 Å². The Kier molecular flexibility index (Phi) is 3.71. The molecule has 0 N–H and O–H groups in total. The lowest BCUT2D eigenvalue weighted by Crippen LogP contribution is -2.65. The molecule has 0 aliphatic carbocycles. The summed E-state index contributed by atoms with van der Waals surface area (Å²) in [5.41, 5.74) is 0. The molecular weight excluding hydrogens is 256 g/mol. The van der Waals surface area contributed by atoms with Crippen LogP contribution in [0.15, 0.2) is 0 Å². The Labute approximate surface area is 120 Å². The summed E-state index contributed by atoms with van der Waals surface area (Å²) in [4.78, 5) is 29.1. The molecule has 5 heteroatoms. The Morgan fingerprint density at radius 1 is 1.30 bits per heavy atom. The fourth-order valence-electron chi connectivity index (χ4n) is 3.94. The minimum atomic E-state index is -0.271. The Morgan fingerprint density at radius 2 is 2.10 bits per heavy atom. The van der Waals surface area contributed by atoms with Gasteiger partial charge in [0.1, 0.15) is 12.1 Å². The van der Waals surface area contributed by atoms with Crippen LogP contribution in [0.2, 0.25) is 0 Å². The van der Waals surface area contributed by atoms with Gasteiger partial charge in [0, 0.05) is 25.1 Å². The molecule has 3 saturated heterocycles. The molecule has 0 saturated carbocycles. The van der Waals surface area contributed by atoms with Crippen LogP contribution in [0.25, 0.3) is 0 Å². The molecule has 0 bridgehead atoms. The van der Waals surface area contributed by atoms with E-state index in [-0.39, 0.29) is 29.9 Å². The predicted molar refractivity (Wildman–Crippen MR) is 74.0 cm³/mol. The van der Waals surface area contributed by atoms with Gasteiger partial charge in [-0.25, -0.2) is 0 Å². The first-order valence-corrected chi connectivity index (χ1v) is 7.85. The van der Waals surface area contributed by atoms with Crippen LogP contribution in [-0.2, 0) is 14.3 Å². The molecule has 0 spiro atoms. The topological polar surface area (TPSA) is 49.9 Å². The van der Waals surface area contributed by atoms with E-state index in [4.69, 9.17) is 4.74 Å². The van der Waals surface area contributed by atoms with Gasteiger partial charge in [0.15, 0.2) is 0 Å². The first-order valence-electron chi connectivity index (χ1n) is 7.85. The Hall–Kier alpha value is -1.10. The van der Waals surface area contributed by atoms with E-state index in [0.29, 0.717) is 18.9 Å². The Morgan fingerprint density at radius 3 is 2.75 bits per heavy atom. The maximum absolute atomic E-state index is 12.8. The number of hydrogen-bond acceptors (Lipinski definition) is 3. The van der Waals surface area contributed by atoms with Gasteiger partial charge in [-0.3, -0.25) is 9.59 Å². The molecule has 5 nitrogen and oxygen atoms in total. The van der Waals surface area contributed by atoms with Crippen LogP contribution >= 0.6 is 0 Å². The lowest BCUT2D eigenvalue weighted by atomic mass is 9.93. The van der Waals surface area contributed by atoms with Crippen LogP contribution in [0.5, 0.6) is 0 Å². The third kappa shape index (κ3) is 2.03. The van der Waals surface area contributed by atoms with Crippen LogP contribution < -0.4 is 0 Å².